The van der Waals surface area contributed by atoms with Gasteiger partial charge >= 0.3 is 0 Å². The molecule has 2 fully saturated rings. The lowest BCUT2D eigenvalue weighted by Gasteiger charge is -2.42. The van der Waals surface area contributed by atoms with E-state index in [2.05, 4.69) is 13.0 Å². The second-order valence-electron chi connectivity index (χ2n) is 11.0. The molecule has 0 aliphatic heterocycles. The van der Waals surface area contributed by atoms with E-state index in [1.165, 1.54) is 62.1 Å². The number of fused-ring (bicyclic) bond motifs is 2. The highest BCUT2D eigenvalue weighted by atomic mass is 19.3. The van der Waals surface area contributed by atoms with E-state index in [9.17, 15) is 8.78 Å². The van der Waals surface area contributed by atoms with E-state index in [0.717, 1.165) is 62.8 Å². The molecule has 5 atom stereocenters. The minimum atomic E-state index is -1.53. The highest BCUT2D eigenvalue weighted by molar-refractivity contribution is 5.37. The lowest BCUT2D eigenvalue weighted by molar-refractivity contribution is 0.131. The van der Waals surface area contributed by atoms with E-state index in [0.29, 0.717) is 17.8 Å². The van der Waals surface area contributed by atoms with Crippen LogP contribution in [0.1, 0.15) is 113 Å². The van der Waals surface area contributed by atoms with E-state index < -0.39 is 6.08 Å². The summed E-state index contributed by atoms with van der Waals surface area (Å²) in [6, 6.07) is 4.08. The lowest BCUT2D eigenvalue weighted by Crippen LogP contribution is -2.30. The van der Waals surface area contributed by atoms with Gasteiger partial charge in [-0.2, -0.15) is 8.78 Å². The van der Waals surface area contributed by atoms with Crippen molar-refractivity contribution >= 4 is 0 Å². The van der Waals surface area contributed by atoms with Crippen molar-refractivity contribution in [3.05, 3.63) is 46.8 Å². The second kappa shape index (κ2) is 11.3. The van der Waals surface area contributed by atoms with Crippen LogP contribution in [0.5, 0.6) is 0 Å². The van der Waals surface area contributed by atoms with Gasteiger partial charge in [-0.1, -0.05) is 51.5 Å². The summed E-state index contributed by atoms with van der Waals surface area (Å²) in [6.45, 7) is 2.26. The van der Waals surface area contributed by atoms with Crippen molar-refractivity contribution in [1.82, 2.24) is 0 Å². The first-order valence-electron chi connectivity index (χ1n) is 13.4. The van der Waals surface area contributed by atoms with Gasteiger partial charge in [0.1, 0.15) is 5.82 Å². The summed E-state index contributed by atoms with van der Waals surface area (Å²) in [5, 5.41) is 0. The Kier molecular flexibility index (Phi) is 8.40. The quantitative estimate of drug-likeness (QED) is 0.349. The van der Waals surface area contributed by atoms with Crippen LogP contribution in [0.4, 0.5) is 13.2 Å². The molecule has 3 aliphatic carbocycles. The summed E-state index contributed by atoms with van der Waals surface area (Å²) < 4.78 is 40.5. The Balaban J connectivity index is 1.34. The maximum Gasteiger partial charge on any atom is 0.266 e. The Morgan fingerprint density at radius 2 is 1.69 bits per heavy atom. The van der Waals surface area contributed by atoms with Crippen molar-refractivity contribution in [2.24, 2.45) is 23.7 Å². The number of hydrogen-bond acceptors (Lipinski definition) is 0. The molecule has 1 aromatic carbocycles. The molecule has 178 valence electrons. The van der Waals surface area contributed by atoms with Crippen LogP contribution in [0.3, 0.4) is 0 Å². The van der Waals surface area contributed by atoms with Crippen LogP contribution in [-0.2, 0) is 12.8 Å². The normalized spacial score (nSPS) is 29.8. The number of allylic oxidation sites excluding steroid dienone is 1. The fourth-order valence-electron chi connectivity index (χ4n) is 7.01. The monoisotopic (exact) mass is 446 g/mol. The summed E-state index contributed by atoms with van der Waals surface area (Å²) >= 11 is 0. The van der Waals surface area contributed by atoms with Crippen LogP contribution in [0.15, 0.2) is 24.3 Å². The van der Waals surface area contributed by atoms with Crippen LogP contribution < -0.4 is 0 Å². The topological polar surface area (TPSA) is 0 Å². The molecule has 3 heteroatoms. The van der Waals surface area contributed by atoms with Gasteiger partial charge in [0, 0.05) is 0 Å². The fraction of sp³-hybridized carbons (Fsp3) is 0.724. The van der Waals surface area contributed by atoms with Crippen LogP contribution in [0.2, 0.25) is 0 Å². The predicted molar refractivity (Wildman–Crippen MR) is 127 cm³/mol. The molecule has 0 spiro atoms. The largest absolute Gasteiger partial charge is 0.266 e. The Morgan fingerprint density at radius 1 is 0.906 bits per heavy atom. The number of aryl methyl sites for hydroxylation is 1. The van der Waals surface area contributed by atoms with E-state index >= 15 is 4.39 Å². The minimum absolute atomic E-state index is 0.00640. The Hall–Kier alpha value is -1.25. The van der Waals surface area contributed by atoms with Crippen molar-refractivity contribution in [1.29, 1.82) is 0 Å². The molecule has 1 aromatic rings. The molecular formula is C29H41F3. The fourth-order valence-corrected chi connectivity index (χ4v) is 7.01. The molecule has 32 heavy (non-hydrogen) atoms. The molecule has 5 unspecified atom stereocenters. The molecule has 2 saturated carbocycles. The predicted octanol–water partition coefficient (Wildman–Crippen LogP) is 9.37. The highest BCUT2D eigenvalue weighted by Gasteiger charge is 2.36. The molecular weight excluding hydrogens is 405 g/mol. The van der Waals surface area contributed by atoms with Gasteiger partial charge in [0.2, 0.25) is 0 Å². The van der Waals surface area contributed by atoms with Gasteiger partial charge in [-0.15, -0.1) is 0 Å². The van der Waals surface area contributed by atoms with Gasteiger partial charge in [-0.25, -0.2) is 4.39 Å². The summed E-state index contributed by atoms with van der Waals surface area (Å²) in [5.41, 5.74) is 3.58. The van der Waals surface area contributed by atoms with Gasteiger partial charge in [0.05, 0.1) is 0 Å². The first-order chi connectivity index (χ1) is 15.5. The molecule has 0 radical (unpaired) electrons. The van der Waals surface area contributed by atoms with Crippen molar-refractivity contribution in [2.75, 3.05) is 0 Å². The second-order valence-corrected chi connectivity index (χ2v) is 11.0. The smallest absolute Gasteiger partial charge is 0.207 e. The van der Waals surface area contributed by atoms with E-state index in [1.807, 2.05) is 6.07 Å². The maximum atomic E-state index is 15.2. The molecule has 0 bridgehead atoms. The third-order valence-corrected chi connectivity index (χ3v) is 8.82. The van der Waals surface area contributed by atoms with Crippen molar-refractivity contribution in [3.8, 4) is 0 Å². The number of rotatable bonds is 8. The molecule has 0 aromatic heterocycles. The first kappa shape index (κ1) is 23.9. The standard InChI is InChI=1S/C29H41F3/c1-2-3-4-5-6-7-20-8-10-24-18-27(28(30)19-26(24)14-20)25-13-12-22-15-21(16-29(31)32)9-11-23(22)17-25/h16,18-23,25H,2-15,17H2,1H3. The lowest BCUT2D eigenvalue weighted by atomic mass is 9.63. The number of halogens is 3. The van der Waals surface area contributed by atoms with E-state index in [4.69, 9.17) is 0 Å². The molecule has 0 saturated heterocycles. The van der Waals surface area contributed by atoms with Crippen LogP contribution >= 0.6 is 0 Å². The number of benzene rings is 1. The van der Waals surface area contributed by atoms with Crippen molar-refractivity contribution in [3.63, 3.8) is 0 Å². The zero-order valence-electron chi connectivity index (χ0n) is 19.9. The van der Waals surface area contributed by atoms with Crippen molar-refractivity contribution in [2.45, 2.75) is 109 Å². The maximum absolute atomic E-state index is 15.2. The Labute approximate surface area is 193 Å². The van der Waals surface area contributed by atoms with E-state index in [-0.39, 0.29) is 11.7 Å². The molecule has 3 aliphatic rings. The summed E-state index contributed by atoms with van der Waals surface area (Å²) in [5.74, 6) is 2.20. The van der Waals surface area contributed by atoms with Gasteiger partial charge in [0.25, 0.3) is 6.08 Å². The van der Waals surface area contributed by atoms with Gasteiger partial charge in [-0.05, 0) is 116 Å². The average molecular weight is 447 g/mol. The van der Waals surface area contributed by atoms with Crippen LogP contribution in [0.25, 0.3) is 0 Å². The third kappa shape index (κ3) is 6.00. The zero-order valence-corrected chi connectivity index (χ0v) is 19.9. The van der Waals surface area contributed by atoms with Crippen molar-refractivity contribution < 1.29 is 13.2 Å². The Morgan fingerprint density at radius 3 is 2.50 bits per heavy atom. The number of hydrogen-bond donors (Lipinski definition) is 0. The minimum Gasteiger partial charge on any atom is -0.207 e. The average Bonchev–Trinajstić information content (AvgIpc) is 2.77. The van der Waals surface area contributed by atoms with Crippen LogP contribution in [-0.4, -0.2) is 0 Å². The third-order valence-electron chi connectivity index (χ3n) is 8.82. The zero-order chi connectivity index (χ0) is 22.5. The van der Waals surface area contributed by atoms with E-state index in [1.54, 1.807) is 0 Å². The van der Waals surface area contributed by atoms with Gasteiger partial charge < -0.3 is 0 Å². The van der Waals surface area contributed by atoms with Gasteiger partial charge in [-0.3, -0.25) is 0 Å². The SMILES string of the molecule is CCCCCCCC1CCc2cc(C3CCC4CC(C=C(F)F)CCC4C3)c(F)cc2C1. The Bertz CT molecular complexity index is 779. The summed E-state index contributed by atoms with van der Waals surface area (Å²) in [4.78, 5) is 0. The molecule has 0 nitrogen and oxygen atoms in total. The molecule has 0 amide bonds. The highest BCUT2D eigenvalue weighted by Crippen LogP contribution is 2.49. The number of unbranched alkanes of at least 4 members (excludes halogenated alkanes) is 4. The summed E-state index contributed by atoms with van der Waals surface area (Å²) in [7, 11) is 0. The van der Waals surface area contributed by atoms with Crippen LogP contribution in [0, 0.1) is 29.5 Å². The van der Waals surface area contributed by atoms with Gasteiger partial charge in [0.15, 0.2) is 0 Å². The molecule has 0 heterocycles. The first-order valence-corrected chi connectivity index (χ1v) is 13.4. The summed E-state index contributed by atoms with van der Waals surface area (Å²) in [6.07, 6.45) is 16.9. The molecule has 4 rings (SSSR count). The molecule has 0 N–H and O–H groups in total.